The number of amides is 3. The van der Waals surface area contributed by atoms with Gasteiger partial charge in [0.05, 0.1) is 6.04 Å². The van der Waals surface area contributed by atoms with Crippen molar-refractivity contribution in [2.45, 2.75) is 50.7 Å². The Balaban J connectivity index is 1.54. The molecular weight excluding hydrogens is 473 g/mol. The summed E-state index contributed by atoms with van der Waals surface area (Å²) in [5, 5.41) is 3.71. The molecule has 2 heterocycles. The van der Waals surface area contributed by atoms with Gasteiger partial charge in [0, 0.05) is 43.7 Å². The Morgan fingerprint density at radius 1 is 1.14 bits per heavy atom. The minimum absolute atomic E-state index is 0.231. The van der Waals surface area contributed by atoms with E-state index in [1.54, 1.807) is 29.0 Å². The molecule has 196 valence electrons. The van der Waals surface area contributed by atoms with Crippen molar-refractivity contribution >= 4 is 28.6 Å². The summed E-state index contributed by atoms with van der Waals surface area (Å²) in [4.78, 5) is 46.5. The number of nitrogens with two attached hydrogens (primary N) is 1. The molecule has 8 nitrogen and oxygen atoms in total. The van der Waals surface area contributed by atoms with Crippen LogP contribution in [0.4, 0.5) is 4.39 Å². The highest BCUT2D eigenvalue weighted by atomic mass is 19.1. The molecule has 1 aromatic heterocycles. The van der Waals surface area contributed by atoms with Crippen LogP contribution >= 0.6 is 0 Å². The van der Waals surface area contributed by atoms with Crippen LogP contribution in [-0.4, -0.2) is 70.8 Å². The summed E-state index contributed by atoms with van der Waals surface area (Å²) in [5.74, 6) is -1.17. The van der Waals surface area contributed by atoms with Gasteiger partial charge in [0.2, 0.25) is 17.7 Å². The lowest BCUT2D eigenvalue weighted by Gasteiger charge is -2.44. The van der Waals surface area contributed by atoms with Crippen LogP contribution < -0.4 is 11.1 Å². The van der Waals surface area contributed by atoms with Gasteiger partial charge in [-0.1, -0.05) is 43.7 Å². The predicted octanol–water partition coefficient (Wildman–Crippen LogP) is 2.37. The van der Waals surface area contributed by atoms with Crippen molar-refractivity contribution in [3.8, 4) is 0 Å². The highest BCUT2D eigenvalue weighted by Crippen LogP contribution is 2.25. The molecule has 9 heteroatoms. The molecule has 1 fully saturated rings. The van der Waals surface area contributed by atoms with E-state index < -0.39 is 18.1 Å². The van der Waals surface area contributed by atoms with E-state index in [0.29, 0.717) is 19.3 Å². The van der Waals surface area contributed by atoms with Crippen molar-refractivity contribution in [1.29, 1.82) is 0 Å². The Morgan fingerprint density at radius 2 is 1.86 bits per heavy atom. The highest BCUT2D eigenvalue weighted by Gasteiger charge is 2.42. The third-order valence-electron chi connectivity index (χ3n) is 7.07. The fourth-order valence-electron chi connectivity index (χ4n) is 5.13. The number of aromatic amines is 1. The summed E-state index contributed by atoms with van der Waals surface area (Å²) in [5.41, 5.74) is 8.91. The lowest BCUT2D eigenvalue weighted by Crippen LogP contribution is -2.65. The zero-order valence-corrected chi connectivity index (χ0v) is 21.2. The molecule has 0 spiro atoms. The van der Waals surface area contributed by atoms with Crippen molar-refractivity contribution in [2.75, 3.05) is 20.1 Å². The molecule has 3 amide bonds. The third kappa shape index (κ3) is 5.67. The molecule has 3 aromatic rings. The maximum Gasteiger partial charge on any atom is 0.246 e. The zero-order valence-electron chi connectivity index (χ0n) is 21.2. The van der Waals surface area contributed by atoms with E-state index in [0.717, 1.165) is 22.0 Å². The first-order chi connectivity index (χ1) is 17.8. The van der Waals surface area contributed by atoms with Crippen molar-refractivity contribution in [1.82, 2.24) is 20.1 Å². The van der Waals surface area contributed by atoms with E-state index in [1.807, 2.05) is 37.4 Å². The maximum absolute atomic E-state index is 13.8. The average Bonchev–Trinajstić information content (AvgIpc) is 3.32. The monoisotopic (exact) mass is 507 g/mol. The normalized spacial score (nSPS) is 17.6. The van der Waals surface area contributed by atoms with Crippen LogP contribution in [0.5, 0.6) is 0 Å². The first-order valence-electron chi connectivity index (χ1n) is 12.7. The Hall–Kier alpha value is -3.72. The number of nitrogens with zero attached hydrogens (tertiary/aromatic N) is 2. The number of para-hydroxylation sites is 1. The summed E-state index contributed by atoms with van der Waals surface area (Å²) in [7, 11) is 1.56. The number of carbonyl (C=O) groups is 3. The zero-order chi connectivity index (χ0) is 26.5. The van der Waals surface area contributed by atoms with Crippen molar-refractivity contribution in [3.63, 3.8) is 0 Å². The first kappa shape index (κ1) is 26.3. The molecule has 3 atom stereocenters. The average molecular weight is 508 g/mol. The number of halogens is 1. The van der Waals surface area contributed by atoms with E-state index in [1.165, 1.54) is 12.1 Å². The minimum Gasteiger partial charge on any atom is -0.361 e. The van der Waals surface area contributed by atoms with Crippen molar-refractivity contribution in [3.05, 3.63) is 71.7 Å². The number of piperazine rings is 1. The fraction of sp³-hybridized carbons (Fsp3) is 0.393. The van der Waals surface area contributed by atoms with Gasteiger partial charge in [-0.25, -0.2) is 4.39 Å². The number of carbonyl (C=O) groups excluding carboxylic acids is 3. The standard InChI is InChI=1S/C28H34FN5O3/c1-3-6-24-28(37)34(14-13-33(24)27(36)22(30)15-18-9-11-20(29)12-10-18)25(26(35)31-2)16-19-17-32-23-8-5-4-7-21(19)23/h4-5,7-12,17,22,24-25,32H,3,6,13-16,30H2,1-2H3,(H,31,35)/t22-,24+,25+/m1/s1. The van der Waals surface area contributed by atoms with Gasteiger partial charge in [-0.2, -0.15) is 0 Å². The molecule has 2 aromatic carbocycles. The Morgan fingerprint density at radius 3 is 2.57 bits per heavy atom. The maximum atomic E-state index is 13.8. The van der Waals surface area contributed by atoms with E-state index in [4.69, 9.17) is 5.73 Å². The molecule has 4 rings (SSSR count). The molecule has 1 saturated heterocycles. The van der Waals surface area contributed by atoms with Crippen LogP contribution in [0.1, 0.15) is 30.9 Å². The topological polar surface area (TPSA) is 112 Å². The van der Waals surface area contributed by atoms with E-state index >= 15 is 0 Å². The van der Waals surface area contributed by atoms with E-state index in [-0.39, 0.29) is 43.0 Å². The van der Waals surface area contributed by atoms with Crippen molar-refractivity contribution in [2.24, 2.45) is 5.73 Å². The number of likely N-dealkylation sites (N-methyl/N-ethyl adjacent to an activating group) is 1. The number of benzene rings is 2. The SMILES string of the molecule is CCC[C@H]1C(=O)N([C@@H](Cc2c[nH]c3ccccc23)C(=O)NC)CCN1C(=O)[C@H](N)Cc1ccc(F)cc1. The summed E-state index contributed by atoms with van der Waals surface area (Å²) in [6.07, 6.45) is 3.63. The van der Waals surface area contributed by atoms with Crippen LogP contribution in [0.3, 0.4) is 0 Å². The number of rotatable bonds is 9. The van der Waals surface area contributed by atoms with Crippen LogP contribution in [0.25, 0.3) is 10.9 Å². The summed E-state index contributed by atoms with van der Waals surface area (Å²) in [6.45, 7) is 2.47. The Labute approximate surface area is 216 Å². The molecule has 1 aliphatic heterocycles. The lowest BCUT2D eigenvalue weighted by molar-refractivity contribution is -0.156. The summed E-state index contributed by atoms with van der Waals surface area (Å²) < 4.78 is 13.3. The molecule has 0 unspecified atom stereocenters. The second-order valence-corrected chi connectivity index (χ2v) is 9.50. The molecular formula is C28H34FN5O3. The number of fused-ring (bicyclic) bond motifs is 1. The van der Waals surface area contributed by atoms with E-state index in [2.05, 4.69) is 10.3 Å². The lowest BCUT2D eigenvalue weighted by atomic mass is 9.97. The number of hydrogen-bond donors (Lipinski definition) is 3. The summed E-state index contributed by atoms with van der Waals surface area (Å²) >= 11 is 0. The van der Waals surface area contributed by atoms with Gasteiger partial charge in [0.15, 0.2) is 0 Å². The predicted molar refractivity (Wildman–Crippen MR) is 140 cm³/mol. The minimum atomic E-state index is -0.856. The molecule has 37 heavy (non-hydrogen) atoms. The second kappa shape index (κ2) is 11.6. The number of hydrogen-bond acceptors (Lipinski definition) is 4. The molecule has 0 bridgehead atoms. The van der Waals surface area contributed by atoms with Gasteiger partial charge < -0.3 is 25.8 Å². The largest absolute Gasteiger partial charge is 0.361 e. The highest BCUT2D eigenvalue weighted by molar-refractivity contribution is 5.94. The van der Waals surface area contributed by atoms with Crippen LogP contribution in [0, 0.1) is 5.82 Å². The Bertz CT molecular complexity index is 1260. The van der Waals surface area contributed by atoms with Crippen LogP contribution in [0.2, 0.25) is 0 Å². The summed E-state index contributed by atoms with van der Waals surface area (Å²) in [6, 6.07) is 11.5. The molecule has 0 radical (unpaired) electrons. The second-order valence-electron chi connectivity index (χ2n) is 9.50. The quantitative estimate of drug-likeness (QED) is 0.413. The first-order valence-corrected chi connectivity index (χ1v) is 12.7. The van der Waals surface area contributed by atoms with Gasteiger partial charge in [0.25, 0.3) is 0 Å². The molecule has 0 aliphatic carbocycles. The third-order valence-corrected chi connectivity index (χ3v) is 7.07. The van der Waals surface area contributed by atoms with Gasteiger partial charge >= 0.3 is 0 Å². The van der Waals surface area contributed by atoms with E-state index in [9.17, 15) is 18.8 Å². The van der Waals surface area contributed by atoms with Crippen LogP contribution in [0.15, 0.2) is 54.7 Å². The van der Waals surface area contributed by atoms with Crippen LogP contribution in [-0.2, 0) is 27.2 Å². The van der Waals surface area contributed by atoms with Gasteiger partial charge in [-0.3, -0.25) is 14.4 Å². The number of nitrogens with one attached hydrogen (secondary N) is 2. The van der Waals surface area contributed by atoms with Gasteiger partial charge in [-0.15, -0.1) is 0 Å². The Kier molecular flexibility index (Phi) is 8.23. The molecule has 0 saturated carbocycles. The molecule has 1 aliphatic rings. The number of H-pyrrole nitrogens is 1. The molecule has 4 N–H and O–H groups in total. The smallest absolute Gasteiger partial charge is 0.246 e. The van der Waals surface area contributed by atoms with Gasteiger partial charge in [-0.05, 0) is 42.2 Å². The van der Waals surface area contributed by atoms with Crippen molar-refractivity contribution < 1.29 is 18.8 Å². The fourth-order valence-corrected chi connectivity index (χ4v) is 5.13. The number of aromatic nitrogens is 1. The van der Waals surface area contributed by atoms with Gasteiger partial charge in [0.1, 0.15) is 17.9 Å².